The standard InChI is InChI=1S/C18H12F3N3O/c1-10-16(13-8-4-6-11-5-2-3-7-12(11)13)17-22-14(18(19,20)21)9-15(25)24(17)23-10/h2-9,22H,1H3. The minimum Gasteiger partial charge on any atom is -0.335 e. The van der Waals surface area contributed by atoms with Crippen LogP contribution < -0.4 is 5.56 Å². The lowest BCUT2D eigenvalue weighted by molar-refractivity contribution is -0.141. The van der Waals surface area contributed by atoms with Gasteiger partial charge in [-0.1, -0.05) is 42.5 Å². The van der Waals surface area contributed by atoms with Crippen molar-refractivity contribution >= 4 is 16.4 Å². The number of nitrogens with one attached hydrogen (secondary N) is 1. The highest BCUT2D eigenvalue weighted by Crippen LogP contribution is 2.34. The van der Waals surface area contributed by atoms with E-state index in [1.54, 1.807) is 6.92 Å². The Morgan fingerprint density at radius 1 is 1.08 bits per heavy atom. The Hall–Kier alpha value is -3.09. The third-order valence-electron chi connectivity index (χ3n) is 4.15. The van der Waals surface area contributed by atoms with E-state index in [9.17, 15) is 18.0 Å². The number of alkyl halides is 3. The van der Waals surface area contributed by atoms with Crippen molar-refractivity contribution in [2.75, 3.05) is 0 Å². The maximum absolute atomic E-state index is 13.1. The lowest BCUT2D eigenvalue weighted by Crippen LogP contribution is -2.20. The molecule has 0 radical (unpaired) electrons. The van der Waals surface area contributed by atoms with Gasteiger partial charge in [0.2, 0.25) is 0 Å². The van der Waals surface area contributed by atoms with Crippen molar-refractivity contribution in [3.8, 4) is 11.1 Å². The third-order valence-corrected chi connectivity index (χ3v) is 4.15. The Kier molecular flexibility index (Phi) is 3.21. The van der Waals surface area contributed by atoms with Crippen molar-refractivity contribution < 1.29 is 13.2 Å². The molecular weight excluding hydrogens is 331 g/mol. The fourth-order valence-electron chi connectivity index (χ4n) is 3.07. The second kappa shape index (κ2) is 5.20. The fraction of sp³-hybridized carbons (Fsp3) is 0.111. The lowest BCUT2D eigenvalue weighted by Gasteiger charge is -2.09. The van der Waals surface area contributed by atoms with E-state index in [4.69, 9.17) is 0 Å². The van der Waals surface area contributed by atoms with Gasteiger partial charge in [0.25, 0.3) is 5.56 Å². The quantitative estimate of drug-likeness (QED) is 0.564. The largest absolute Gasteiger partial charge is 0.431 e. The van der Waals surface area contributed by atoms with Gasteiger partial charge in [-0.25, -0.2) is 0 Å². The molecule has 0 fully saturated rings. The highest BCUT2D eigenvalue weighted by molar-refractivity contribution is 6.00. The molecule has 2 aromatic carbocycles. The van der Waals surface area contributed by atoms with Crippen molar-refractivity contribution in [2.24, 2.45) is 0 Å². The molecule has 0 bridgehead atoms. The van der Waals surface area contributed by atoms with Gasteiger partial charge in [-0.15, -0.1) is 0 Å². The summed E-state index contributed by atoms with van der Waals surface area (Å²) >= 11 is 0. The Bertz CT molecular complexity index is 1170. The first-order valence-corrected chi connectivity index (χ1v) is 7.54. The average molecular weight is 343 g/mol. The monoisotopic (exact) mass is 343 g/mol. The average Bonchev–Trinajstić information content (AvgIpc) is 2.90. The summed E-state index contributed by atoms with van der Waals surface area (Å²) < 4.78 is 40.2. The summed E-state index contributed by atoms with van der Waals surface area (Å²) in [6.07, 6.45) is -4.64. The molecule has 0 spiro atoms. The maximum Gasteiger partial charge on any atom is 0.431 e. The number of H-pyrrole nitrogens is 1. The van der Waals surface area contributed by atoms with Crippen LogP contribution in [0.5, 0.6) is 0 Å². The van der Waals surface area contributed by atoms with Crippen LogP contribution in [0, 0.1) is 6.92 Å². The Morgan fingerprint density at radius 2 is 1.80 bits per heavy atom. The highest BCUT2D eigenvalue weighted by Gasteiger charge is 2.33. The minimum atomic E-state index is -4.64. The van der Waals surface area contributed by atoms with Gasteiger partial charge in [-0.2, -0.15) is 22.8 Å². The van der Waals surface area contributed by atoms with Crippen molar-refractivity contribution in [1.29, 1.82) is 0 Å². The van der Waals surface area contributed by atoms with E-state index in [1.165, 1.54) is 0 Å². The van der Waals surface area contributed by atoms with Gasteiger partial charge in [0, 0.05) is 11.6 Å². The van der Waals surface area contributed by atoms with E-state index in [1.807, 2.05) is 42.5 Å². The van der Waals surface area contributed by atoms with Gasteiger partial charge < -0.3 is 4.98 Å². The molecule has 4 aromatic rings. The number of benzene rings is 2. The molecule has 2 aromatic heterocycles. The molecule has 126 valence electrons. The molecule has 0 atom stereocenters. The summed E-state index contributed by atoms with van der Waals surface area (Å²) in [6, 6.07) is 13.6. The maximum atomic E-state index is 13.1. The topological polar surface area (TPSA) is 50.2 Å². The van der Waals surface area contributed by atoms with Crippen molar-refractivity contribution in [1.82, 2.24) is 14.6 Å². The molecule has 0 aliphatic carbocycles. The summed E-state index contributed by atoms with van der Waals surface area (Å²) in [5.74, 6) is 0. The van der Waals surface area contributed by atoms with E-state index in [-0.39, 0.29) is 5.65 Å². The zero-order chi connectivity index (χ0) is 17.8. The molecule has 4 nitrogen and oxygen atoms in total. The van der Waals surface area contributed by atoms with Crippen molar-refractivity contribution in [3.63, 3.8) is 0 Å². The van der Waals surface area contributed by atoms with E-state index in [0.717, 1.165) is 20.9 Å². The first kappa shape index (κ1) is 15.4. The van der Waals surface area contributed by atoms with Crippen LogP contribution in [0.3, 0.4) is 0 Å². The molecule has 4 rings (SSSR count). The first-order chi connectivity index (χ1) is 11.9. The smallest absolute Gasteiger partial charge is 0.335 e. The number of hydrogen-bond donors (Lipinski definition) is 1. The van der Waals surface area contributed by atoms with Gasteiger partial charge in [0.1, 0.15) is 11.3 Å². The zero-order valence-corrected chi connectivity index (χ0v) is 13.1. The molecule has 0 saturated heterocycles. The van der Waals surface area contributed by atoms with Crippen LogP contribution in [0.2, 0.25) is 0 Å². The molecule has 0 aliphatic rings. The summed E-state index contributed by atoms with van der Waals surface area (Å²) in [5.41, 5.74) is -0.194. The second-order valence-corrected chi connectivity index (χ2v) is 5.77. The Morgan fingerprint density at radius 3 is 2.56 bits per heavy atom. The molecule has 0 amide bonds. The van der Waals surface area contributed by atoms with Crippen LogP contribution in [0.4, 0.5) is 13.2 Å². The predicted octanol–water partition coefficient (Wildman–Crippen LogP) is 4.17. The van der Waals surface area contributed by atoms with Crippen LogP contribution in [-0.4, -0.2) is 14.6 Å². The third kappa shape index (κ3) is 2.39. The first-order valence-electron chi connectivity index (χ1n) is 7.54. The van der Waals surface area contributed by atoms with Crippen LogP contribution in [-0.2, 0) is 6.18 Å². The Balaban J connectivity index is 2.13. The molecular formula is C18H12F3N3O. The van der Waals surface area contributed by atoms with Gasteiger partial charge in [0.05, 0.1) is 5.69 Å². The van der Waals surface area contributed by atoms with E-state index < -0.39 is 17.4 Å². The molecule has 0 aliphatic heterocycles. The number of aromatic amines is 1. The van der Waals surface area contributed by atoms with Gasteiger partial charge >= 0.3 is 6.18 Å². The van der Waals surface area contributed by atoms with E-state index in [0.29, 0.717) is 17.3 Å². The summed E-state index contributed by atoms with van der Waals surface area (Å²) in [7, 11) is 0. The lowest BCUT2D eigenvalue weighted by atomic mass is 9.98. The van der Waals surface area contributed by atoms with E-state index in [2.05, 4.69) is 10.1 Å². The SMILES string of the molecule is Cc1nn2c(=O)cc(C(F)(F)F)[nH]c2c1-c1cccc2ccccc12. The highest BCUT2D eigenvalue weighted by atomic mass is 19.4. The molecule has 0 unspecified atom stereocenters. The van der Waals surface area contributed by atoms with E-state index >= 15 is 0 Å². The number of nitrogens with zero attached hydrogens (tertiary/aromatic N) is 2. The van der Waals surface area contributed by atoms with Gasteiger partial charge in [-0.05, 0) is 23.3 Å². The number of hydrogen-bond acceptors (Lipinski definition) is 2. The summed E-state index contributed by atoms with van der Waals surface area (Å²) in [4.78, 5) is 14.4. The summed E-state index contributed by atoms with van der Waals surface area (Å²) in [5, 5.41) is 5.95. The fourth-order valence-corrected chi connectivity index (χ4v) is 3.07. The molecule has 25 heavy (non-hydrogen) atoms. The number of halogens is 3. The predicted molar refractivity (Wildman–Crippen MR) is 88.5 cm³/mol. The number of aryl methyl sites for hydroxylation is 1. The Labute approximate surface area is 139 Å². The van der Waals surface area contributed by atoms with Crippen LogP contribution in [0.25, 0.3) is 27.5 Å². The van der Waals surface area contributed by atoms with Crippen molar-refractivity contribution in [2.45, 2.75) is 13.1 Å². The summed E-state index contributed by atoms with van der Waals surface area (Å²) in [6.45, 7) is 1.67. The van der Waals surface area contributed by atoms with Crippen LogP contribution >= 0.6 is 0 Å². The minimum absolute atomic E-state index is 0.0358. The second-order valence-electron chi connectivity index (χ2n) is 5.77. The van der Waals surface area contributed by atoms with Crippen LogP contribution in [0.1, 0.15) is 11.4 Å². The molecule has 7 heteroatoms. The zero-order valence-electron chi connectivity index (χ0n) is 13.1. The number of fused-ring (bicyclic) bond motifs is 2. The molecule has 1 N–H and O–H groups in total. The van der Waals surface area contributed by atoms with Gasteiger partial charge in [0.15, 0.2) is 0 Å². The van der Waals surface area contributed by atoms with Crippen molar-refractivity contribution in [3.05, 3.63) is 70.3 Å². The van der Waals surface area contributed by atoms with Gasteiger partial charge in [-0.3, -0.25) is 4.79 Å². The van der Waals surface area contributed by atoms with Crippen LogP contribution in [0.15, 0.2) is 53.3 Å². The number of aromatic nitrogens is 3. The normalized spacial score (nSPS) is 12.2. The molecule has 2 heterocycles. The number of rotatable bonds is 1. The molecule has 0 saturated carbocycles.